The largest absolute Gasteiger partial charge is 0.433 e. The maximum absolute atomic E-state index is 13.1. The van der Waals surface area contributed by atoms with E-state index < -0.39 is 17.5 Å². The lowest BCUT2D eigenvalue weighted by Gasteiger charge is -2.18. The maximum atomic E-state index is 13.1. The molecule has 3 rings (SSSR count). The molecule has 3 aromatic heterocycles. The second-order valence-corrected chi connectivity index (χ2v) is 7.04. The van der Waals surface area contributed by atoms with E-state index >= 15 is 0 Å². The van der Waals surface area contributed by atoms with E-state index in [1.54, 1.807) is 19.9 Å². The third-order valence-electron chi connectivity index (χ3n) is 3.71. The summed E-state index contributed by atoms with van der Waals surface area (Å²) >= 11 is 0. The first-order chi connectivity index (χ1) is 14.5. The lowest BCUT2D eigenvalue weighted by atomic mass is 10.1. The Hall–Kier alpha value is -3.85. The van der Waals surface area contributed by atoms with Gasteiger partial charge in [-0.3, -0.25) is 0 Å². The molecule has 0 radical (unpaired) electrons. The van der Waals surface area contributed by atoms with Gasteiger partial charge in [0.05, 0.1) is 5.60 Å². The summed E-state index contributed by atoms with van der Waals surface area (Å²) in [6.07, 6.45) is -3.22. The Morgan fingerprint density at radius 2 is 1.81 bits per heavy atom. The van der Waals surface area contributed by atoms with Crippen molar-refractivity contribution in [2.75, 3.05) is 17.2 Å². The number of hydrogen-bond donors (Lipinski definition) is 3. The Morgan fingerprint density at radius 3 is 2.48 bits per heavy atom. The highest BCUT2D eigenvalue weighted by atomic mass is 19.4. The fourth-order valence-electron chi connectivity index (χ4n) is 2.34. The number of alkyl halides is 3. The van der Waals surface area contributed by atoms with Gasteiger partial charge in [0.15, 0.2) is 5.82 Å². The van der Waals surface area contributed by atoms with Crippen molar-refractivity contribution in [1.29, 1.82) is 5.26 Å². The molecule has 0 fully saturated rings. The van der Waals surface area contributed by atoms with Crippen LogP contribution in [0.1, 0.15) is 25.2 Å². The van der Waals surface area contributed by atoms with E-state index in [1.165, 1.54) is 24.4 Å². The van der Waals surface area contributed by atoms with Crippen molar-refractivity contribution in [3.63, 3.8) is 0 Å². The van der Waals surface area contributed by atoms with Gasteiger partial charge in [0, 0.05) is 18.4 Å². The smallest absolute Gasteiger partial charge is 0.389 e. The van der Waals surface area contributed by atoms with Crippen LogP contribution < -0.4 is 10.6 Å². The highest BCUT2D eigenvalue weighted by Crippen LogP contribution is 2.29. The Morgan fingerprint density at radius 1 is 1.06 bits per heavy atom. The van der Waals surface area contributed by atoms with E-state index in [2.05, 4.69) is 35.6 Å². The maximum Gasteiger partial charge on any atom is 0.433 e. The molecule has 12 heteroatoms. The van der Waals surface area contributed by atoms with Crippen LogP contribution in [-0.4, -0.2) is 42.2 Å². The first kappa shape index (κ1) is 21.8. The number of aromatic nitrogens is 5. The first-order valence-corrected chi connectivity index (χ1v) is 8.94. The Bertz CT molecular complexity index is 1120. The van der Waals surface area contributed by atoms with Gasteiger partial charge in [-0.05, 0) is 38.1 Å². The van der Waals surface area contributed by atoms with Crippen molar-refractivity contribution in [1.82, 2.24) is 24.9 Å². The molecule has 9 nitrogen and oxygen atoms in total. The van der Waals surface area contributed by atoms with Gasteiger partial charge in [-0.25, -0.2) is 9.97 Å². The van der Waals surface area contributed by atoms with Crippen molar-refractivity contribution < 1.29 is 18.3 Å². The molecule has 0 saturated carbocycles. The van der Waals surface area contributed by atoms with Crippen molar-refractivity contribution in [2.24, 2.45) is 0 Å². The molecule has 0 atom stereocenters. The molecule has 0 aromatic carbocycles. The monoisotopic (exact) mass is 430 g/mol. The van der Waals surface area contributed by atoms with Gasteiger partial charge in [0.1, 0.15) is 23.2 Å². The Labute approximate surface area is 175 Å². The van der Waals surface area contributed by atoms with Gasteiger partial charge in [0.25, 0.3) is 0 Å². The summed E-state index contributed by atoms with van der Waals surface area (Å²) in [5, 5.41) is 24.6. The predicted molar refractivity (Wildman–Crippen MR) is 105 cm³/mol. The molecule has 0 aliphatic carbocycles. The van der Waals surface area contributed by atoms with E-state index in [1.807, 2.05) is 6.07 Å². The highest BCUT2D eigenvalue weighted by molar-refractivity contribution is 5.59. The molecule has 0 aliphatic rings. The number of aliphatic hydroxyl groups is 1. The van der Waals surface area contributed by atoms with E-state index in [0.717, 1.165) is 6.07 Å². The lowest BCUT2D eigenvalue weighted by Crippen LogP contribution is -2.30. The van der Waals surface area contributed by atoms with Crippen LogP contribution in [0.4, 0.5) is 30.8 Å². The summed E-state index contributed by atoms with van der Waals surface area (Å²) < 4.78 is 39.2. The third-order valence-corrected chi connectivity index (χ3v) is 3.71. The molecule has 160 valence electrons. The molecule has 3 N–H and O–H groups in total. The van der Waals surface area contributed by atoms with Gasteiger partial charge >= 0.3 is 6.18 Å². The number of hydrogen-bond acceptors (Lipinski definition) is 9. The molecule has 0 amide bonds. The molecule has 0 unspecified atom stereocenters. The van der Waals surface area contributed by atoms with Crippen LogP contribution in [0.3, 0.4) is 0 Å². The van der Waals surface area contributed by atoms with Crippen LogP contribution >= 0.6 is 0 Å². The zero-order valence-corrected chi connectivity index (χ0v) is 16.4. The minimum absolute atomic E-state index is 0.00227. The van der Waals surface area contributed by atoms with Crippen molar-refractivity contribution in [2.45, 2.75) is 25.6 Å². The van der Waals surface area contributed by atoms with E-state index in [0.29, 0.717) is 5.69 Å². The summed E-state index contributed by atoms with van der Waals surface area (Å²) in [4.78, 5) is 19.9. The number of rotatable bonds is 6. The predicted octanol–water partition coefficient (Wildman–Crippen LogP) is 3.15. The third kappa shape index (κ3) is 6.06. The summed E-state index contributed by atoms with van der Waals surface area (Å²) in [5.74, 6) is -0.0997. The fourth-order valence-corrected chi connectivity index (χ4v) is 2.34. The molecule has 0 spiro atoms. The SMILES string of the molecule is CC(C)(O)CNc1nc(Nc2ccnc(C#N)c2)nc(-c2cccc(C(F)(F)F)n2)n1. The topological polar surface area (TPSA) is 133 Å². The van der Waals surface area contributed by atoms with Crippen LogP contribution in [0.5, 0.6) is 0 Å². The molecule has 31 heavy (non-hydrogen) atoms. The highest BCUT2D eigenvalue weighted by Gasteiger charge is 2.32. The van der Waals surface area contributed by atoms with Crippen molar-refractivity contribution in [3.8, 4) is 17.6 Å². The van der Waals surface area contributed by atoms with Gasteiger partial charge in [-0.15, -0.1) is 0 Å². The molecule has 3 heterocycles. The van der Waals surface area contributed by atoms with Crippen LogP contribution in [-0.2, 0) is 6.18 Å². The normalized spacial score (nSPS) is 11.6. The first-order valence-electron chi connectivity index (χ1n) is 8.94. The number of anilines is 3. The Kier molecular flexibility index (Phi) is 5.98. The summed E-state index contributed by atoms with van der Waals surface area (Å²) in [6, 6.07) is 8.31. The van der Waals surface area contributed by atoms with Gasteiger partial charge in [-0.2, -0.15) is 33.4 Å². The molecule has 3 aromatic rings. The number of nitriles is 1. The standard InChI is InChI=1S/C19H17F3N8O/c1-18(2,31)10-25-16-28-15(13-4-3-5-14(27-13)19(20,21)22)29-17(30-16)26-11-6-7-24-12(8-11)9-23/h3-8,31H,10H2,1-2H3,(H2,24,25,26,28,29,30). The van der Waals surface area contributed by atoms with Gasteiger partial charge < -0.3 is 15.7 Å². The van der Waals surface area contributed by atoms with Crippen LogP contribution in [0.2, 0.25) is 0 Å². The molecular formula is C19H17F3N8O. The fraction of sp³-hybridized carbons (Fsp3) is 0.263. The number of halogens is 3. The number of nitrogens with zero attached hydrogens (tertiary/aromatic N) is 6. The van der Waals surface area contributed by atoms with E-state index in [9.17, 15) is 18.3 Å². The number of nitrogens with one attached hydrogen (secondary N) is 2. The zero-order valence-electron chi connectivity index (χ0n) is 16.4. The summed E-state index contributed by atoms with van der Waals surface area (Å²) in [5.41, 5.74) is -1.70. The van der Waals surface area contributed by atoms with Gasteiger partial charge in [-0.1, -0.05) is 6.07 Å². The average Bonchev–Trinajstić information content (AvgIpc) is 2.71. The van der Waals surface area contributed by atoms with Crippen molar-refractivity contribution >= 4 is 17.6 Å². The van der Waals surface area contributed by atoms with Crippen LogP contribution in [0, 0.1) is 11.3 Å². The van der Waals surface area contributed by atoms with Crippen LogP contribution in [0.25, 0.3) is 11.5 Å². The quantitative estimate of drug-likeness (QED) is 0.539. The molecular weight excluding hydrogens is 413 g/mol. The minimum Gasteiger partial charge on any atom is -0.389 e. The molecule has 0 saturated heterocycles. The van der Waals surface area contributed by atoms with E-state index in [4.69, 9.17) is 5.26 Å². The second-order valence-electron chi connectivity index (χ2n) is 7.04. The Balaban J connectivity index is 2.02. The summed E-state index contributed by atoms with van der Waals surface area (Å²) in [6.45, 7) is 3.20. The molecule has 0 aliphatic heterocycles. The lowest BCUT2D eigenvalue weighted by molar-refractivity contribution is -0.141. The van der Waals surface area contributed by atoms with Gasteiger partial charge in [0.2, 0.25) is 11.9 Å². The second kappa shape index (κ2) is 8.49. The van der Waals surface area contributed by atoms with Crippen LogP contribution in [0.15, 0.2) is 36.5 Å². The summed E-state index contributed by atoms with van der Waals surface area (Å²) in [7, 11) is 0. The number of pyridine rings is 2. The van der Waals surface area contributed by atoms with Crippen molar-refractivity contribution in [3.05, 3.63) is 47.9 Å². The zero-order chi connectivity index (χ0) is 22.6. The minimum atomic E-state index is -4.63. The molecule has 0 bridgehead atoms. The average molecular weight is 430 g/mol. The van der Waals surface area contributed by atoms with E-state index in [-0.39, 0.29) is 35.7 Å².